The molecule has 238 valence electrons. The van der Waals surface area contributed by atoms with Gasteiger partial charge in [0, 0.05) is 36.4 Å². The number of amides is 5. The monoisotopic (exact) mass is 623 g/mol. The van der Waals surface area contributed by atoms with Gasteiger partial charge in [0.25, 0.3) is 11.8 Å². The largest absolute Gasteiger partial charge is 0.480 e. The zero-order chi connectivity index (χ0) is 32.8. The van der Waals surface area contributed by atoms with Crippen molar-refractivity contribution in [1.82, 2.24) is 10.2 Å². The van der Waals surface area contributed by atoms with E-state index in [-0.39, 0.29) is 25.3 Å². The number of nitrogens with one attached hydrogen (secondary N) is 3. The summed E-state index contributed by atoms with van der Waals surface area (Å²) in [6.07, 6.45) is 2.45. The highest BCUT2D eigenvalue weighted by Crippen LogP contribution is 2.22. The van der Waals surface area contributed by atoms with E-state index in [1.807, 2.05) is 0 Å². The topological polar surface area (TPSA) is 231 Å². The lowest BCUT2D eigenvalue weighted by Gasteiger charge is -2.17. The quantitative estimate of drug-likeness (QED) is 0.0744. The Morgan fingerprint density at radius 3 is 1.91 bits per heavy atom. The van der Waals surface area contributed by atoms with Crippen molar-refractivity contribution in [3.8, 4) is 0 Å². The van der Waals surface area contributed by atoms with Crippen LogP contribution in [0, 0.1) is 0 Å². The Kier molecular flexibility index (Phi) is 13.0. The van der Waals surface area contributed by atoms with Gasteiger partial charge in [0.05, 0.1) is 31.1 Å². The van der Waals surface area contributed by atoms with E-state index in [9.17, 15) is 28.8 Å². The highest BCUT2D eigenvalue weighted by Gasteiger charge is 2.25. The number of anilines is 2. The van der Waals surface area contributed by atoms with E-state index in [0.29, 0.717) is 35.6 Å². The van der Waals surface area contributed by atoms with Crippen molar-refractivity contribution in [1.29, 1.82) is 0 Å². The van der Waals surface area contributed by atoms with Gasteiger partial charge >= 0.3 is 5.97 Å². The zero-order valence-electron chi connectivity index (χ0n) is 24.3. The average Bonchev–Trinajstić information content (AvgIpc) is 3.32. The lowest BCUT2D eigenvalue weighted by molar-refractivity contribution is -0.307. The fourth-order valence-electron chi connectivity index (χ4n) is 3.96. The number of carbonyl (C=O) groups excluding carboxylic acids is 5. The molecule has 1 aliphatic rings. The van der Waals surface area contributed by atoms with Gasteiger partial charge in [-0.1, -0.05) is 0 Å². The predicted octanol–water partition coefficient (Wildman–Crippen LogP) is 1.94. The van der Waals surface area contributed by atoms with Crippen LogP contribution in [0.1, 0.15) is 25.7 Å². The minimum absolute atomic E-state index is 0.0238. The van der Waals surface area contributed by atoms with Crippen LogP contribution >= 0.6 is 0 Å². The van der Waals surface area contributed by atoms with Crippen LogP contribution in [0.3, 0.4) is 0 Å². The molecule has 16 heteroatoms. The molecule has 16 nitrogen and oxygen atoms in total. The maximum absolute atomic E-state index is 12.2. The zero-order valence-corrected chi connectivity index (χ0v) is 24.3. The molecule has 0 spiro atoms. The summed E-state index contributed by atoms with van der Waals surface area (Å²) in [5, 5.41) is 25.0. The Morgan fingerprint density at radius 1 is 0.867 bits per heavy atom. The van der Waals surface area contributed by atoms with Crippen molar-refractivity contribution in [3.05, 3.63) is 60.7 Å². The van der Waals surface area contributed by atoms with E-state index in [1.54, 1.807) is 48.5 Å². The number of rotatable bonds is 17. The first-order chi connectivity index (χ1) is 21.5. The van der Waals surface area contributed by atoms with Gasteiger partial charge in [-0.3, -0.25) is 33.7 Å². The van der Waals surface area contributed by atoms with Crippen molar-refractivity contribution in [3.63, 3.8) is 0 Å². The molecule has 0 saturated heterocycles. The Hall–Kier alpha value is -5.32. The van der Waals surface area contributed by atoms with Crippen LogP contribution in [0.25, 0.3) is 0 Å². The van der Waals surface area contributed by atoms with E-state index < -0.39 is 48.3 Å². The number of hydrogen-bond acceptors (Lipinski definition) is 11. The van der Waals surface area contributed by atoms with Crippen LogP contribution in [-0.2, 0) is 38.5 Å². The molecule has 2 atom stereocenters. The molecule has 0 aromatic heterocycles. The first-order valence-corrected chi connectivity index (χ1v) is 13.7. The van der Waals surface area contributed by atoms with Gasteiger partial charge < -0.3 is 26.8 Å². The number of carboxylic acids is 1. The molecule has 0 saturated carbocycles. The molecule has 0 bridgehead atoms. The third-order valence-corrected chi connectivity index (χ3v) is 6.23. The molecule has 5 amide bonds. The van der Waals surface area contributed by atoms with Gasteiger partial charge in [0.15, 0.2) is 0 Å². The van der Waals surface area contributed by atoms with Crippen molar-refractivity contribution in [2.75, 3.05) is 30.8 Å². The molecule has 2 aromatic rings. The third-order valence-electron chi connectivity index (χ3n) is 6.23. The van der Waals surface area contributed by atoms with Crippen molar-refractivity contribution < 1.29 is 43.6 Å². The van der Waals surface area contributed by atoms with Gasteiger partial charge in [0.1, 0.15) is 12.6 Å². The summed E-state index contributed by atoms with van der Waals surface area (Å²) in [4.78, 5) is 81.0. The van der Waals surface area contributed by atoms with E-state index in [4.69, 9.17) is 15.7 Å². The molecule has 0 radical (unpaired) electrons. The molecule has 0 fully saturated rings. The molecular formula is C29H33N7O9. The van der Waals surface area contributed by atoms with Gasteiger partial charge in [-0.05, 0) is 61.4 Å². The number of azo groups is 1. The number of carbonyl (C=O) groups is 6. The van der Waals surface area contributed by atoms with Crippen molar-refractivity contribution >= 4 is 58.3 Å². The van der Waals surface area contributed by atoms with Crippen LogP contribution < -0.4 is 21.7 Å². The summed E-state index contributed by atoms with van der Waals surface area (Å²) in [5.41, 5.74) is 7.46. The molecule has 1 heterocycles. The number of aliphatic carboxylic acids is 1. The van der Waals surface area contributed by atoms with Gasteiger partial charge in [-0.15, -0.1) is 0 Å². The number of nitrogens with two attached hydrogens (primary N) is 1. The molecule has 3 rings (SSSR count). The number of imide groups is 1. The molecule has 1 unspecified atom stereocenters. The highest BCUT2D eigenvalue weighted by molar-refractivity contribution is 6.15. The van der Waals surface area contributed by atoms with Crippen LogP contribution in [0.15, 0.2) is 70.9 Å². The number of benzene rings is 2. The molecule has 2 aromatic carbocycles. The maximum atomic E-state index is 12.2. The summed E-state index contributed by atoms with van der Waals surface area (Å²) in [6, 6.07) is 11.8. The van der Waals surface area contributed by atoms with E-state index in [1.165, 1.54) is 7.11 Å². The molecule has 0 aliphatic carbocycles. The first-order valence-electron chi connectivity index (χ1n) is 13.7. The maximum Gasteiger partial charge on any atom is 0.320 e. The first kappa shape index (κ1) is 34.2. The molecular weight excluding hydrogens is 590 g/mol. The predicted molar refractivity (Wildman–Crippen MR) is 159 cm³/mol. The smallest absolute Gasteiger partial charge is 0.320 e. The third kappa shape index (κ3) is 11.7. The molecule has 6 N–H and O–H groups in total. The summed E-state index contributed by atoms with van der Waals surface area (Å²) in [7, 11) is 1.29. The SMILES string of the molecule is COO[C@H](CCCC(=O)NCC(=O)Nc1ccc(/N=N/c2ccc(NC(=O)CN3C(=O)C=CC3=O)cc2)cc1)CC(N)C(=O)O. The normalized spacial score (nSPS) is 14.0. The van der Waals surface area contributed by atoms with Gasteiger partial charge in [-0.2, -0.15) is 10.2 Å². The number of nitrogens with zero attached hydrogens (tertiary/aromatic N) is 3. The minimum atomic E-state index is -1.16. The molecule has 45 heavy (non-hydrogen) atoms. The fourth-order valence-corrected chi connectivity index (χ4v) is 3.96. The average molecular weight is 624 g/mol. The van der Waals surface area contributed by atoms with E-state index in [0.717, 1.165) is 17.1 Å². The standard InChI is InChI=1S/C29H33N7O9/c1-44-45-22(15-23(30)29(42)43)3-2-4-24(37)31-16-25(38)32-18-5-9-20(10-6-18)34-35-21-11-7-19(8-12-21)33-26(39)17-36-27(40)13-14-28(36)41/h5-14,22-23H,2-4,15-17,30H2,1H3,(H,31,37)(H,32,38)(H,33,39)(H,42,43)/b35-34+/t22-,23?/m1/s1. The Morgan fingerprint density at radius 2 is 1.40 bits per heavy atom. The van der Waals surface area contributed by atoms with E-state index in [2.05, 4.69) is 31.1 Å². The van der Waals surface area contributed by atoms with Gasteiger partial charge in [0.2, 0.25) is 17.7 Å². The second-order valence-corrected chi connectivity index (χ2v) is 9.72. The van der Waals surface area contributed by atoms with Gasteiger partial charge in [-0.25, -0.2) is 9.78 Å². The van der Waals surface area contributed by atoms with Crippen molar-refractivity contribution in [2.45, 2.75) is 37.8 Å². The van der Waals surface area contributed by atoms with Crippen LogP contribution in [-0.4, -0.2) is 77.9 Å². The Labute approximate surface area is 257 Å². The van der Waals surface area contributed by atoms with Crippen LogP contribution in [0.5, 0.6) is 0 Å². The summed E-state index contributed by atoms with van der Waals surface area (Å²) in [6.45, 7) is -0.636. The lowest BCUT2D eigenvalue weighted by Crippen LogP contribution is -2.37. The molecule has 1 aliphatic heterocycles. The minimum Gasteiger partial charge on any atom is -0.480 e. The van der Waals surface area contributed by atoms with Crippen LogP contribution in [0.4, 0.5) is 22.7 Å². The summed E-state index contributed by atoms with van der Waals surface area (Å²) >= 11 is 0. The number of hydrogen-bond donors (Lipinski definition) is 5. The Bertz CT molecular complexity index is 1430. The number of carboxylic acid groups (broad SMARTS) is 1. The van der Waals surface area contributed by atoms with Crippen molar-refractivity contribution in [2.24, 2.45) is 16.0 Å². The Balaban J connectivity index is 1.37. The van der Waals surface area contributed by atoms with Crippen LogP contribution in [0.2, 0.25) is 0 Å². The fraction of sp³-hybridized carbons (Fsp3) is 0.310. The second kappa shape index (κ2) is 17.1. The highest BCUT2D eigenvalue weighted by atomic mass is 17.2. The summed E-state index contributed by atoms with van der Waals surface area (Å²) < 4.78 is 0. The lowest BCUT2D eigenvalue weighted by atomic mass is 10.0. The summed E-state index contributed by atoms with van der Waals surface area (Å²) in [5.74, 6) is -3.56. The second-order valence-electron chi connectivity index (χ2n) is 9.72. The van der Waals surface area contributed by atoms with E-state index >= 15 is 0 Å².